The second-order valence-corrected chi connectivity index (χ2v) is 11.0. The molecule has 0 fully saturated rings. The Kier molecular flexibility index (Phi) is 9.75. The fourth-order valence-electron chi connectivity index (χ4n) is 3.68. The first-order valence-electron chi connectivity index (χ1n) is 11.5. The van der Waals surface area contributed by atoms with Gasteiger partial charge in [-0.3, -0.25) is 4.79 Å². The van der Waals surface area contributed by atoms with Gasteiger partial charge in [0, 0.05) is 15.4 Å². The van der Waals surface area contributed by atoms with Crippen molar-refractivity contribution in [3.05, 3.63) is 102 Å². The van der Waals surface area contributed by atoms with E-state index in [1.165, 1.54) is 0 Å². The Morgan fingerprint density at radius 1 is 1.16 bits per heavy atom. The van der Waals surface area contributed by atoms with Crippen molar-refractivity contribution in [1.29, 1.82) is 0 Å². The Hall–Kier alpha value is -2.53. The molecule has 1 heterocycles. The summed E-state index contributed by atoms with van der Waals surface area (Å²) in [5.41, 5.74) is 5.62. The number of benzene rings is 3. The van der Waals surface area contributed by atoms with Gasteiger partial charge in [-0.15, -0.1) is 6.58 Å². The van der Waals surface area contributed by atoms with E-state index < -0.39 is 5.91 Å². The maximum absolute atomic E-state index is 12.7. The molecule has 0 aliphatic heterocycles. The van der Waals surface area contributed by atoms with Crippen molar-refractivity contribution >= 4 is 84.8 Å². The van der Waals surface area contributed by atoms with Gasteiger partial charge in [-0.2, -0.15) is 5.10 Å². The standard InChI is InChI=1S/C28H22BrCl2IN2O4/c1-3-5-18-8-17(10-24(36-4-2)27(18)37-15-16-6-7-21(30)22(31)9-16)14-33-34-28(35)25-12-19-11-20(29)13-23(32)26(19)38-25/h3,6-14H,1,4-5,15H2,2H3,(H,34,35)/b33-14-. The second kappa shape index (κ2) is 13.0. The minimum atomic E-state index is -0.456. The first-order chi connectivity index (χ1) is 18.3. The monoisotopic (exact) mass is 726 g/mol. The summed E-state index contributed by atoms with van der Waals surface area (Å²) >= 11 is 17.8. The Balaban J connectivity index is 1.54. The van der Waals surface area contributed by atoms with Crippen molar-refractivity contribution in [2.45, 2.75) is 20.0 Å². The van der Waals surface area contributed by atoms with E-state index in [0.29, 0.717) is 40.2 Å². The molecule has 196 valence electrons. The number of nitrogens with zero attached hydrogens (tertiary/aromatic N) is 1. The Bertz CT molecular complexity index is 1540. The molecule has 0 radical (unpaired) electrons. The molecule has 1 aromatic heterocycles. The second-order valence-electron chi connectivity index (χ2n) is 8.09. The zero-order chi connectivity index (χ0) is 27.2. The SMILES string of the molecule is C=CCc1cc(/C=N\NC(=O)c2cc3cc(Br)cc(I)c3o2)cc(OCC)c1OCc1ccc(Cl)c(Cl)c1. The zero-order valence-corrected chi connectivity index (χ0v) is 25.4. The highest BCUT2D eigenvalue weighted by Gasteiger charge is 2.16. The summed E-state index contributed by atoms with van der Waals surface area (Å²) in [7, 11) is 0. The van der Waals surface area contributed by atoms with Crippen LogP contribution in [0.4, 0.5) is 0 Å². The molecular weight excluding hydrogens is 706 g/mol. The average Bonchev–Trinajstić information content (AvgIpc) is 3.31. The van der Waals surface area contributed by atoms with Crippen molar-refractivity contribution in [2.24, 2.45) is 5.10 Å². The number of furan rings is 1. The van der Waals surface area contributed by atoms with Gasteiger partial charge in [0.15, 0.2) is 17.3 Å². The molecule has 10 heteroatoms. The summed E-state index contributed by atoms with van der Waals surface area (Å²) in [5.74, 6) is 0.864. The lowest BCUT2D eigenvalue weighted by molar-refractivity contribution is 0.0929. The minimum absolute atomic E-state index is 0.168. The van der Waals surface area contributed by atoms with Crippen molar-refractivity contribution in [3.8, 4) is 11.5 Å². The molecule has 0 atom stereocenters. The summed E-state index contributed by atoms with van der Waals surface area (Å²) in [6.45, 7) is 6.47. The van der Waals surface area contributed by atoms with Crippen molar-refractivity contribution in [1.82, 2.24) is 5.43 Å². The molecule has 1 N–H and O–H groups in total. The highest BCUT2D eigenvalue weighted by Crippen LogP contribution is 2.35. The van der Waals surface area contributed by atoms with Gasteiger partial charge in [-0.25, -0.2) is 5.43 Å². The number of carbonyl (C=O) groups is 1. The van der Waals surface area contributed by atoms with Crippen LogP contribution in [0.5, 0.6) is 11.5 Å². The Morgan fingerprint density at radius 3 is 2.71 bits per heavy atom. The molecule has 0 saturated heterocycles. The van der Waals surface area contributed by atoms with Crippen LogP contribution >= 0.6 is 61.7 Å². The topological polar surface area (TPSA) is 73.1 Å². The van der Waals surface area contributed by atoms with Crippen LogP contribution in [0.1, 0.15) is 34.2 Å². The summed E-state index contributed by atoms with van der Waals surface area (Å²) in [6.07, 6.45) is 3.86. The smallest absolute Gasteiger partial charge is 0.307 e. The fourth-order valence-corrected chi connectivity index (χ4v) is 5.67. The first-order valence-corrected chi connectivity index (χ1v) is 14.1. The van der Waals surface area contributed by atoms with Crippen LogP contribution in [0, 0.1) is 3.57 Å². The molecule has 4 rings (SSSR count). The average molecular weight is 728 g/mol. The van der Waals surface area contributed by atoms with Crippen molar-refractivity contribution in [3.63, 3.8) is 0 Å². The van der Waals surface area contributed by atoms with Crippen LogP contribution in [-0.4, -0.2) is 18.7 Å². The summed E-state index contributed by atoms with van der Waals surface area (Å²) in [6, 6.07) is 14.6. The largest absolute Gasteiger partial charge is 0.490 e. The van der Waals surface area contributed by atoms with Crippen LogP contribution in [-0.2, 0) is 13.0 Å². The minimum Gasteiger partial charge on any atom is -0.490 e. The predicted octanol–water partition coefficient (Wildman–Crippen LogP) is 8.58. The van der Waals surface area contributed by atoms with E-state index in [1.54, 1.807) is 36.6 Å². The molecule has 4 aromatic rings. The van der Waals surface area contributed by atoms with E-state index in [0.717, 1.165) is 30.1 Å². The third kappa shape index (κ3) is 6.91. The number of halogens is 4. The lowest BCUT2D eigenvalue weighted by Crippen LogP contribution is -2.16. The third-order valence-corrected chi connectivity index (χ3v) is 7.32. The number of hydrogen-bond donors (Lipinski definition) is 1. The molecule has 0 aliphatic rings. The quantitative estimate of drug-likeness (QED) is 0.0769. The number of nitrogens with one attached hydrogen (secondary N) is 1. The van der Waals surface area contributed by atoms with Gasteiger partial charge >= 0.3 is 5.91 Å². The van der Waals surface area contributed by atoms with E-state index in [4.69, 9.17) is 37.1 Å². The maximum Gasteiger partial charge on any atom is 0.307 e. The highest BCUT2D eigenvalue weighted by molar-refractivity contribution is 14.1. The van der Waals surface area contributed by atoms with Gasteiger partial charge in [-0.05, 0) is 89.5 Å². The number of amides is 1. The molecule has 38 heavy (non-hydrogen) atoms. The van der Waals surface area contributed by atoms with E-state index in [9.17, 15) is 4.79 Å². The summed E-state index contributed by atoms with van der Waals surface area (Å²) in [4.78, 5) is 12.7. The first kappa shape index (κ1) is 28.5. The molecule has 6 nitrogen and oxygen atoms in total. The van der Waals surface area contributed by atoms with Gasteiger partial charge in [0.05, 0.1) is 26.4 Å². The molecule has 0 bridgehead atoms. The molecule has 0 aliphatic carbocycles. The fraction of sp³-hybridized carbons (Fsp3) is 0.143. The van der Waals surface area contributed by atoms with Crippen LogP contribution in [0.2, 0.25) is 10.0 Å². The van der Waals surface area contributed by atoms with E-state index >= 15 is 0 Å². The van der Waals surface area contributed by atoms with E-state index in [1.807, 2.05) is 31.2 Å². The Morgan fingerprint density at radius 2 is 1.97 bits per heavy atom. The van der Waals surface area contributed by atoms with Crippen LogP contribution in [0.15, 0.2) is 75.2 Å². The van der Waals surface area contributed by atoms with Crippen LogP contribution in [0.3, 0.4) is 0 Å². The zero-order valence-electron chi connectivity index (χ0n) is 20.2. The molecule has 0 saturated carbocycles. The van der Waals surface area contributed by atoms with Gasteiger partial charge in [-0.1, -0.05) is 51.3 Å². The highest BCUT2D eigenvalue weighted by atomic mass is 127. The number of allylic oxidation sites excluding steroid dienone is 1. The van der Waals surface area contributed by atoms with E-state index in [2.05, 4.69) is 55.6 Å². The molecule has 3 aromatic carbocycles. The third-order valence-electron chi connectivity index (χ3n) is 5.32. The number of hydrogen-bond acceptors (Lipinski definition) is 5. The number of rotatable bonds is 10. The molecule has 1 amide bonds. The van der Waals surface area contributed by atoms with Crippen molar-refractivity contribution in [2.75, 3.05) is 6.61 Å². The van der Waals surface area contributed by atoms with Crippen molar-refractivity contribution < 1.29 is 18.7 Å². The summed E-state index contributed by atoms with van der Waals surface area (Å²) < 4.78 is 19.6. The van der Waals surface area contributed by atoms with Gasteiger partial charge < -0.3 is 13.9 Å². The number of fused-ring (bicyclic) bond motifs is 1. The summed E-state index contributed by atoms with van der Waals surface area (Å²) in [5, 5.41) is 5.89. The van der Waals surface area contributed by atoms with Crippen LogP contribution < -0.4 is 14.9 Å². The molecule has 0 unspecified atom stereocenters. The lowest BCUT2D eigenvalue weighted by atomic mass is 10.1. The van der Waals surface area contributed by atoms with E-state index in [-0.39, 0.29) is 12.4 Å². The predicted molar refractivity (Wildman–Crippen MR) is 164 cm³/mol. The normalized spacial score (nSPS) is 11.2. The molecule has 0 spiro atoms. The van der Waals surface area contributed by atoms with Crippen LogP contribution in [0.25, 0.3) is 11.0 Å². The number of ether oxygens (including phenoxy) is 2. The Labute approximate surface area is 252 Å². The number of carbonyl (C=O) groups excluding carboxylic acids is 1. The molecular formula is C28H22BrCl2IN2O4. The van der Waals surface area contributed by atoms with Gasteiger partial charge in [0.1, 0.15) is 12.2 Å². The van der Waals surface area contributed by atoms with Gasteiger partial charge in [0.25, 0.3) is 0 Å². The number of hydrazone groups is 1. The van der Waals surface area contributed by atoms with Gasteiger partial charge in [0.2, 0.25) is 0 Å². The lowest BCUT2D eigenvalue weighted by Gasteiger charge is -2.17. The maximum atomic E-state index is 12.7.